The van der Waals surface area contributed by atoms with E-state index >= 15 is 0 Å². The molecule has 0 bridgehead atoms. The fourth-order valence-electron chi connectivity index (χ4n) is 5.48. The first-order valence-electron chi connectivity index (χ1n) is 10.8. The standard InChI is InChI=1S/C25H30O3S/c1-13-8-16(9-14(2)23(13)28-12-17-11-27-17)6-7-20(26)24-18-10-19-22(25(19,4)5)21(18)15(3)29-24/h8-9,17,19,22H,6-7,10-12H2,1-5H3/t17?,19-,22-/m1/s1. The van der Waals surface area contributed by atoms with Gasteiger partial charge in [0.2, 0.25) is 0 Å². The number of ether oxygens (including phenoxy) is 2. The van der Waals surface area contributed by atoms with E-state index < -0.39 is 0 Å². The minimum atomic E-state index is 0.263. The van der Waals surface area contributed by atoms with Gasteiger partial charge in [0, 0.05) is 11.3 Å². The third-order valence-corrected chi connectivity index (χ3v) is 8.45. The number of carbonyl (C=O) groups is 1. The molecule has 2 aromatic rings. The molecule has 0 amide bonds. The number of rotatable bonds is 7. The first kappa shape index (κ1) is 19.3. The van der Waals surface area contributed by atoms with Crippen molar-refractivity contribution in [1.29, 1.82) is 0 Å². The zero-order chi connectivity index (χ0) is 20.5. The van der Waals surface area contributed by atoms with Crippen molar-refractivity contribution in [2.75, 3.05) is 13.2 Å². The Labute approximate surface area is 177 Å². The molecule has 2 fully saturated rings. The second-order valence-corrected chi connectivity index (χ2v) is 11.0. The molecular formula is C25H30O3S. The summed E-state index contributed by atoms with van der Waals surface area (Å²) in [4.78, 5) is 15.5. The van der Waals surface area contributed by atoms with Gasteiger partial charge in [-0.05, 0) is 78.7 Å². The van der Waals surface area contributed by atoms with E-state index in [0.29, 0.717) is 30.1 Å². The number of hydrogen-bond donors (Lipinski definition) is 0. The highest BCUT2D eigenvalue weighted by atomic mass is 32.1. The first-order chi connectivity index (χ1) is 13.8. The van der Waals surface area contributed by atoms with Crippen molar-refractivity contribution in [2.24, 2.45) is 11.3 Å². The van der Waals surface area contributed by atoms with Crippen LogP contribution in [0.1, 0.15) is 68.6 Å². The molecule has 1 aliphatic heterocycles. The molecule has 1 unspecified atom stereocenters. The van der Waals surface area contributed by atoms with E-state index in [-0.39, 0.29) is 6.10 Å². The maximum Gasteiger partial charge on any atom is 0.173 e. The van der Waals surface area contributed by atoms with E-state index in [4.69, 9.17) is 9.47 Å². The van der Waals surface area contributed by atoms with Crippen molar-refractivity contribution < 1.29 is 14.3 Å². The molecule has 3 aliphatic rings. The molecule has 29 heavy (non-hydrogen) atoms. The highest BCUT2D eigenvalue weighted by Gasteiger charge is 2.63. The van der Waals surface area contributed by atoms with Gasteiger partial charge in [-0.25, -0.2) is 0 Å². The van der Waals surface area contributed by atoms with Crippen molar-refractivity contribution >= 4 is 17.1 Å². The lowest BCUT2D eigenvalue weighted by molar-refractivity contribution is 0.0985. The number of Topliss-reactive ketones (excluding diaryl/α,β-unsaturated/α-hetero) is 1. The zero-order valence-corrected chi connectivity index (χ0v) is 18.9. The number of carbonyl (C=O) groups excluding carboxylic acids is 1. The third kappa shape index (κ3) is 3.25. The lowest BCUT2D eigenvalue weighted by Gasteiger charge is -2.13. The summed E-state index contributed by atoms with van der Waals surface area (Å²) in [6, 6.07) is 4.34. The van der Waals surface area contributed by atoms with Crippen molar-refractivity contribution in [2.45, 2.75) is 65.9 Å². The number of ketones is 1. The maximum atomic E-state index is 13.1. The Kier molecular flexibility index (Phi) is 4.45. The molecule has 3 nitrogen and oxygen atoms in total. The van der Waals surface area contributed by atoms with E-state index in [1.54, 1.807) is 11.3 Å². The molecule has 5 rings (SSSR count). The molecule has 154 valence electrons. The summed E-state index contributed by atoms with van der Waals surface area (Å²) in [6.07, 6.45) is 2.74. The van der Waals surface area contributed by atoms with Crippen LogP contribution in [-0.2, 0) is 17.6 Å². The van der Waals surface area contributed by atoms with Gasteiger partial charge in [0.1, 0.15) is 18.5 Å². The van der Waals surface area contributed by atoms with E-state index in [1.807, 2.05) is 0 Å². The topological polar surface area (TPSA) is 38.8 Å². The van der Waals surface area contributed by atoms with Gasteiger partial charge in [-0.2, -0.15) is 0 Å². The zero-order valence-electron chi connectivity index (χ0n) is 18.1. The predicted molar refractivity (Wildman–Crippen MR) is 117 cm³/mol. The molecule has 0 spiro atoms. The van der Waals surface area contributed by atoms with Crippen LogP contribution < -0.4 is 4.74 Å². The summed E-state index contributed by atoms with van der Waals surface area (Å²) >= 11 is 1.73. The molecule has 4 heteroatoms. The number of aryl methyl sites for hydroxylation is 4. The van der Waals surface area contributed by atoms with Crippen LogP contribution in [0.15, 0.2) is 12.1 Å². The minimum Gasteiger partial charge on any atom is -0.490 e. The molecule has 0 radical (unpaired) electrons. The van der Waals surface area contributed by atoms with Gasteiger partial charge in [0.15, 0.2) is 5.78 Å². The Bertz CT molecular complexity index is 973. The Hall–Kier alpha value is -1.65. The summed E-state index contributed by atoms with van der Waals surface area (Å²) in [5, 5.41) is 0. The van der Waals surface area contributed by atoms with Crippen molar-refractivity contribution in [3.05, 3.63) is 49.7 Å². The summed E-state index contributed by atoms with van der Waals surface area (Å²) in [6.45, 7) is 12.6. The molecule has 1 aromatic heterocycles. The smallest absolute Gasteiger partial charge is 0.173 e. The summed E-state index contributed by atoms with van der Waals surface area (Å²) < 4.78 is 11.2. The van der Waals surface area contributed by atoms with Gasteiger partial charge in [0.25, 0.3) is 0 Å². The molecular weight excluding hydrogens is 380 g/mol. The second kappa shape index (κ2) is 6.68. The van der Waals surface area contributed by atoms with Crippen molar-refractivity contribution in [1.82, 2.24) is 0 Å². The highest BCUT2D eigenvalue weighted by molar-refractivity contribution is 7.14. The number of thiophene rings is 1. The molecule has 0 N–H and O–H groups in total. The van der Waals surface area contributed by atoms with Gasteiger partial charge < -0.3 is 9.47 Å². The quantitative estimate of drug-likeness (QED) is 0.443. The van der Waals surface area contributed by atoms with Crippen molar-refractivity contribution in [3.8, 4) is 5.75 Å². The van der Waals surface area contributed by atoms with E-state index in [2.05, 4.69) is 46.8 Å². The van der Waals surface area contributed by atoms with Crippen LogP contribution in [0.25, 0.3) is 0 Å². The summed E-state index contributed by atoms with van der Waals surface area (Å²) in [5.74, 6) is 2.73. The third-order valence-electron chi connectivity index (χ3n) is 7.25. The lowest BCUT2D eigenvalue weighted by Crippen LogP contribution is -2.07. The second-order valence-electron chi connectivity index (χ2n) is 9.74. The maximum absolute atomic E-state index is 13.1. The molecule has 3 atom stereocenters. The van der Waals surface area contributed by atoms with Gasteiger partial charge in [0.05, 0.1) is 11.5 Å². The SMILES string of the molecule is Cc1cc(CCC(=O)c2sc(C)c3c2C[C@@H]2[C@H]3C2(C)C)cc(C)c1OCC1CO1. The fraction of sp³-hybridized carbons (Fsp3) is 0.560. The molecule has 2 aliphatic carbocycles. The Morgan fingerprint density at radius 2 is 1.93 bits per heavy atom. The molecule has 1 aromatic carbocycles. The van der Waals surface area contributed by atoms with Crippen LogP contribution in [0.3, 0.4) is 0 Å². The first-order valence-corrected chi connectivity index (χ1v) is 11.6. The fourth-order valence-corrected chi connectivity index (χ4v) is 6.68. The Morgan fingerprint density at radius 1 is 1.24 bits per heavy atom. The molecule has 1 saturated heterocycles. The largest absolute Gasteiger partial charge is 0.490 e. The Morgan fingerprint density at radius 3 is 2.59 bits per heavy atom. The number of benzene rings is 1. The van der Waals surface area contributed by atoms with Gasteiger partial charge >= 0.3 is 0 Å². The highest BCUT2D eigenvalue weighted by Crippen LogP contribution is 2.71. The van der Waals surface area contributed by atoms with Crippen LogP contribution in [0.5, 0.6) is 5.75 Å². The summed E-state index contributed by atoms with van der Waals surface area (Å²) in [5.41, 5.74) is 6.83. The Balaban J connectivity index is 1.27. The summed E-state index contributed by atoms with van der Waals surface area (Å²) in [7, 11) is 0. The minimum absolute atomic E-state index is 0.263. The number of hydrogen-bond acceptors (Lipinski definition) is 4. The predicted octanol–water partition coefficient (Wildman–Crippen LogP) is 5.56. The average Bonchev–Trinajstić information content (AvgIpc) is 3.46. The number of fused-ring (bicyclic) bond motifs is 3. The van der Waals surface area contributed by atoms with E-state index in [0.717, 1.165) is 47.1 Å². The van der Waals surface area contributed by atoms with Crippen LogP contribution in [0.4, 0.5) is 0 Å². The van der Waals surface area contributed by atoms with Gasteiger partial charge in [-0.1, -0.05) is 26.0 Å². The molecule has 1 saturated carbocycles. The van der Waals surface area contributed by atoms with E-state index in [1.165, 1.54) is 21.6 Å². The van der Waals surface area contributed by atoms with Crippen molar-refractivity contribution in [3.63, 3.8) is 0 Å². The van der Waals surface area contributed by atoms with E-state index in [9.17, 15) is 4.79 Å². The molecule has 2 heterocycles. The van der Waals surface area contributed by atoms with Crippen LogP contribution in [-0.4, -0.2) is 25.1 Å². The monoisotopic (exact) mass is 410 g/mol. The van der Waals surface area contributed by atoms with Gasteiger partial charge in [-0.15, -0.1) is 11.3 Å². The van der Waals surface area contributed by atoms with Gasteiger partial charge in [-0.3, -0.25) is 4.79 Å². The van der Waals surface area contributed by atoms with Crippen LogP contribution >= 0.6 is 11.3 Å². The van der Waals surface area contributed by atoms with Crippen LogP contribution in [0.2, 0.25) is 0 Å². The number of epoxide rings is 1. The normalized spacial score (nSPS) is 25.5. The average molecular weight is 411 g/mol. The van der Waals surface area contributed by atoms with Crippen LogP contribution in [0, 0.1) is 32.1 Å². The lowest BCUT2D eigenvalue weighted by atomic mass is 9.93.